The molecule has 1 atom stereocenters. The van der Waals surface area contributed by atoms with E-state index >= 15 is 0 Å². The first-order valence-electron chi connectivity index (χ1n) is 2.63. The molecular formula is C5H10N2. The molecule has 1 heterocycles. The molecule has 1 aliphatic rings. The number of nitrogens with two attached hydrogens (primary N) is 1. The molecule has 0 radical (unpaired) electrons. The Hall–Kier alpha value is -0.370. The fraction of sp³-hybridized carbons (Fsp3) is 0.800. The van der Waals surface area contributed by atoms with Crippen molar-refractivity contribution < 1.29 is 0 Å². The van der Waals surface area contributed by atoms with E-state index in [1.807, 2.05) is 6.21 Å². The van der Waals surface area contributed by atoms with Gasteiger partial charge in [0, 0.05) is 6.04 Å². The molecule has 0 amide bonds. The van der Waals surface area contributed by atoms with E-state index in [-0.39, 0.29) is 0 Å². The average Bonchev–Trinajstić information content (AvgIpc) is 1.69. The van der Waals surface area contributed by atoms with Crippen LogP contribution in [0.3, 0.4) is 0 Å². The van der Waals surface area contributed by atoms with E-state index < -0.39 is 0 Å². The summed E-state index contributed by atoms with van der Waals surface area (Å²) < 4.78 is 0. The molecule has 0 bridgehead atoms. The lowest BCUT2D eigenvalue weighted by atomic mass is 10.1. The number of hydrogen-bond acceptors (Lipinski definition) is 2. The number of hydrogen-bond donors (Lipinski definition) is 1. The van der Waals surface area contributed by atoms with Crippen LogP contribution in [0.5, 0.6) is 0 Å². The molecule has 0 unspecified atom stereocenters. The zero-order valence-electron chi connectivity index (χ0n) is 4.30. The van der Waals surface area contributed by atoms with Crippen molar-refractivity contribution in [2.75, 3.05) is 6.54 Å². The SMILES string of the molecule is N[C@@H]1CCC=NC1. The van der Waals surface area contributed by atoms with Crippen LogP contribution in [0.2, 0.25) is 0 Å². The monoisotopic (exact) mass is 98.1 g/mol. The van der Waals surface area contributed by atoms with Gasteiger partial charge in [-0.15, -0.1) is 0 Å². The van der Waals surface area contributed by atoms with Crippen LogP contribution in [-0.2, 0) is 0 Å². The van der Waals surface area contributed by atoms with Crippen LogP contribution in [0.15, 0.2) is 4.99 Å². The third kappa shape index (κ3) is 1.27. The van der Waals surface area contributed by atoms with Crippen LogP contribution in [0, 0.1) is 0 Å². The Labute approximate surface area is 43.4 Å². The quantitative estimate of drug-likeness (QED) is 0.461. The van der Waals surface area contributed by atoms with E-state index in [9.17, 15) is 0 Å². The Morgan fingerprint density at radius 1 is 1.71 bits per heavy atom. The molecule has 40 valence electrons. The van der Waals surface area contributed by atoms with E-state index in [0.717, 1.165) is 19.4 Å². The van der Waals surface area contributed by atoms with Crippen LogP contribution in [-0.4, -0.2) is 18.8 Å². The molecule has 0 saturated carbocycles. The van der Waals surface area contributed by atoms with Gasteiger partial charge in [0.1, 0.15) is 0 Å². The largest absolute Gasteiger partial charge is 0.326 e. The van der Waals surface area contributed by atoms with Gasteiger partial charge < -0.3 is 5.73 Å². The fourth-order valence-electron chi connectivity index (χ4n) is 0.681. The highest BCUT2D eigenvalue weighted by Gasteiger charge is 2.01. The molecule has 0 aliphatic carbocycles. The van der Waals surface area contributed by atoms with Crippen LogP contribution >= 0.6 is 0 Å². The van der Waals surface area contributed by atoms with Crippen molar-refractivity contribution in [3.05, 3.63) is 0 Å². The lowest BCUT2D eigenvalue weighted by molar-refractivity contribution is 0.622. The van der Waals surface area contributed by atoms with Gasteiger partial charge in [0.25, 0.3) is 0 Å². The molecule has 1 aliphatic heterocycles. The summed E-state index contributed by atoms with van der Waals surface area (Å²) in [6, 6.07) is 0.338. The second-order valence-electron chi connectivity index (χ2n) is 1.89. The molecule has 0 aromatic heterocycles. The maximum Gasteiger partial charge on any atom is 0.0537 e. The van der Waals surface area contributed by atoms with Gasteiger partial charge in [0.2, 0.25) is 0 Å². The molecule has 0 fully saturated rings. The predicted molar refractivity (Wildman–Crippen MR) is 30.6 cm³/mol. The third-order valence-corrected chi connectivity index (χ3v) is 1.14. The van der Waals surface area contributed by atoms with Gasteiger partial charge in [-0.05, 0) is 19.1 Å². The summed E-state index contributed by atoms with van der Waals surface area (Å²) in [5, 5.41) is 0. The van der Waals surface area contributed by atoms with Crippen molar-refractivity contribution in [2.24, 2.45) is 10.7 Å². The second-order valence-corrected chi connectivity index (χ2v) is 1.89. The van der Waals surface area contributed by atoms with Crippen molar-refractivity contribution in [1.29, 1.82) is 0 Å². The standard InChI is InChI=1S/C5H10N2/c6-5-2-1-3-7-4-5/h3,5H,1-2,4,6H2/t5-/m1/s1. The van der Waals surface area contributed by atoms with Crippen molar-refractivity contribution in [3.63, 3.8) is 0 Å². The first-order valence-corrected chi connectivity index (χ1v) is 2.63. The van der Waals surface area contributed by atoms with Crippen molar-refractivity contribution in [3.8, 4) is 0 Å². The molecule has 0 aromatic carbocycles. The molecule has 2 N–H and O–H groups in total. The minimum Gasteiger partial charge on any atom is -0.326 e. The normalized spacial score (nSPS) is 30.7. The van der Waals surface area contributed by atoms with Gasteiger partial charge >= 0.3 is 0 Å². The molecule has 0 saturated heterocycles. The molecule has 2 heteroatoms. The van der Waals surface area contributed by atoms with Crippen LogP contribution in [0.1, 0.15) is 12.8 Å². The lowest BCUT2D eigenvalue weighted by Crippen LogP contribution is -2.25. The van der Waals surface area contributed by atoms with Crippen molar-refractivity contribution >= 4 is 6.21 Å². The van der Waals surface area contributed by atoms with Gasteiger partial charge in [-0.3, -0.25) is 4.99 Å². The molecule has 7 heavy (non-hydrogen) atoms. The summed E-state index contributed by atoms with van der Waals surface area (Å²) in [4.78, 5) is 4.01. The molecule has 0 aromatic rings. The zero-order valence-corrected chi connectivity index (χ0v) is 4.30. The maximum absolute atomic E-state index is 5.52. The fourth-order valence-corrected chi connectivity index (χ4v) is 0.681. The predicted octanol–water partition coefficient (Wildman–Crippen LogP) is 0.178. The Bertz CT molecular complexity index is 78.1. The van der Waals surface area contributed by atoms with Crippen LogP contribution in [0.25, 0.3) is 0 Å². The summed E-state index contributed by atoms with van der Waals surface area (Å²) in [6.45, 7) is 0.833. The summed E-state index contributed by atoms with van der Waals surface area (Å²) in [5.74, 6) is 0. The summed E-state index contributed by atoms with van der Waals surface area (Å²) in [6.07, 6.45) is 4.13. The average molecular weight is 98.1 g/mol. The van der Waals surface area contributed by atoms with Gasteiger partial charge in [0.15, 0.2) is 0 Å². The molecular weight excluding hydrogens is 88.1 g/mol. The maximum atomic E-state index is 5.52. The zero-order chi connectivity index (χ0) is 5.11. The van der Waals surface area contributed by atoms with E-state index in [1.165, 1.54) is 0 Å². The van der Waals surface area contributed by atoms with Crippen LogP contribution in [0.4, 0.5) is 0 Å². The van der Waals surface area contributed by atoms with Crippen molar-refractivity contribution in [2.45, 2.75) is 18.9 Å². The highest BCUT2D eigenvalue weighted by molar-refractivity contribution is 5.58. The Balaban J connectivity index is 2.32. The topological polar surface area (TPSA) is 38.4 Å². The highest BCUT2D eigenvalue weighted by Crippen LogP contribution is 1.97. The van der Waals surface area contributed by atoms with Gasteiger partial charge in [-0.1, -0.05) is 0 Å². The van der Waals surface area contributed by atoms with Gasteiger partial charge in [0.05, 0.1) is 6.54 Å². The highest BCUT2D eigenvalue weighted by atomic mass is 14.8. The van der Waals surface area contributed by atoms with Gasteiger partial charge in [-0.2, -0.15) is 0 Å². The van der Waals surface area contributed by atoms with E-state index in [4.69, 9.17) is 5.73 Å². The smallest absolute Gasteiger partial charge is 0.0537 e. The van der Waals surface area contributed by atoms with Gasteiger partial charge in [-0.25, -0.2) is 0 Å². The Kier molecular flexibility index (Phi) is 1.42. The second kappa shape index (κ2) is 2.07. The minimum atomic E-state index is 0.338. The van der Waals surface area contributed by atoms with Crippen LogP contribution < -0.4 is 5.73 Å². The molecule has 1 rings (SSSR count). The number of nitrogens with zero attached hydrogens (tertiary/aromatic N) is 1. The number of aliphatic imine (C=N–C) groups is 1. The first kappa shape index (κ1) is 4.78. The minimum absolute atomic E-state index is 0.338. The Morgan fingerprint density at radius 2 is 2.57 bits per heavy atom. The van der Waals surface area contributed by atoms with E-state index in [0.29, 0.717) is 6.04 Å². The lowest BCUT2D eigenvalue weighted by Gasteiger charge is -2.09. The van der Waals surface area contributed by atoms with E-state index in [2.05, 4.69) is 4.99 Å². The third-order valence-electron chi connectivity index (χ3n) is 1.14. The summed E-state index contributed by atoms with van der Waals surface area (Å²) in [5.41, 5.74) is 5.52. The molecule has 0 spiro atoms. The molecule has 2 nitrogen and oxygen atoms in total. The first-order chi connectivity index (χ1) is 3.39. The van der Waals surface area contributed by atoms with Crippen molar-refractivity contribution in [1.82, 2.24) is 0 Å². The Morgan fingerprint density at radius 3 is 2.86 bits per heavy atom. The summed E-state index contributed by atoms with van der Waals surface area (Å²) >= 11 is 0. The van der Waals surface area contributed by atoms with E-state index in [1.54, 1.807) is 0 Å². The summed E-state index contributed by atoms with van der Waals surface area (Å²) in [7, 11) is 0. The number of rotatable bonds is 0.